The summed E-state index contributed by atoms with van der Waals surface area (Å²) in [5.74, 6) is -1.11. The third kappa shape index (κ3) is 3.40. The van der Waals surface area contributed by atoms with Gasteiger partial charge in [-0.25, -0.2) is 9.59 Å². The minimum atomic E-state index is -1.18. The minimum absolute atomic E-state index is 0.0676. The Kier molecular flexibility index (Phi) is 4.11. The molecule has 104 valence electrons. The summed E-state index contributed by atoms with van der Waals surface area (Å²) in [5, 5.41) is 20.1. The van der Waals surface area contributed by atoms with Crippen molar-refractivity contribution in [3.8, 4) is 0 Å². The monoisotopic (exact) mass is 314 g/mol. The molecule has 0 aliphatic heterocycles. The highest BCUT2D eigenvalue weighted by Gasteiger charge is 2.11. The van der Waals surface area contributed by atoms with Crippen LogP contribution in [0.5, 0.6) is 0 Å². The number of carboxylic acid groups (broad SMARTS) is 1. The Morgan fingerprint density at radius 1 is 1.20 bits per heavy atom. The van der Waals surface area contributed by atoms with Gasteiger partial charge < -0.3 is 10.4 Å². The third-order valence-corrected chi connectivity index (χ3v) is 2.79. The number of nitrogens with one attached hydrogen (secondary N) is 3. The van der Waals surface area contributed by atoms with Crippen LogP contribution in [0.25, 0.3) is 0 Å². The van der Waals surface area contributed by atoms with Gasteiger partial charge in [-0.1, -0.05) is 23.2 Å². The maximum Gasteiger partial charge on any atom is 0.353 e. The van der Waals surface area contributed by atoms with E-state index in [1.165, 1.54) is 18.2 Å². The number of anilines is 2. The van der Waals surface area contributed by atoms with E-state index in [0.717, 1.165) is 0 Å². The second-order valence-corrected chi connectivity index (χ2v) is 4.52. The molecule has 0 saturated carbocycles. The molecule has 0 spiro atoms. The molecule has 2 rings (SSSR count). The number of benzene rings is 1. The molecule has 0 unspecified atom stereocenters. The number of carbonyl (C=O) groups is 2. The number of nitrogens with zero attached hydrogens (tertiary/aromatic N) is 1. The SMILES string of the molecule is O=C(Nc1cc(C(=O)O)[nH]n1)Nc1cc(Cl)ccc1Cl. The van der Waals surface area contributed by atoms with E-state index in [2.05, 4.69) is 20.8 Å². The summed E-state index contributed by atoms with van der Waals surface area (Å²) in [7, 11) is 0. The molecular formula is C11H8Cl2N4O3. The summed E-state index contributed by atoms with van der Waals surface area (Å²) >= 11 is 11.7. The largest absolute Gasteiger partial charge is 0.477 e. The molecular weight excluding hydrogens is 307 g/mol. The average Bonchev–Trinajstić information content (AvgIpc) is 2.82. The van der Waals surface area contributed by atoms with Gasteiger partial charge in [-0.2, -0.15) is 5.10 Å². The number of carbonyl (C=O) groups excluding carboxylic acids is 1. The topological polar surface area (TPSA) is 107 Å². The van der Waals surface area contributed by atoms with Gasteiger partial charge in [0.15, 0.2) is 5.82 Å². The van der Waals surface area contributed by atoms with Gasteiger partial charge in [-0.15, -0.1) is 0 Å². The van der Waals surface area contributed by atoms with Gasteiger partial charge >= 0.3 is 12.0 Å². The number of aromatic carboxylic acids is 1. The number of carboxylic acids is 1. The number of hydrogen-bond donors (Lipinski definition) is 4. The fraction of sp³-hybridized carbons (Fsp3) is 0. The molecule has 0 aliphatic carbocycles. The van der Waals surface area contributed by atoms with E-state index in [1.54, 1.807) is 6.07 Å². The summed E-state index contributed by atoms with van der Waals surface area (Å²) in [5.41, 5.74) is 0.187. The molecule has 1 heterocycles. The zero-order valence-electron chi connectivity index (χ0n) is 9.78. The van der Waals surface area contributed by atoms with Crippen LogP contribution >= 0.6 is 23.2 Å². The van der Waals surface area contributed by atoms with E-state index >= 15 is 0 Å². The first-order valence-electron chi connectivity index (χ1n) is 5.27. The number of urea groups is 1. The lowest BCUT2D eigenvalue weighted by molar-refractivity contribution is 0.0690. The molecule has 9 heteroatoms. The number of hydrogen-bond acceptors (Lipinski definition) is 3. The summed E-state index contributed by atoms with van der Waals surface area (Å²) in [6.07, 6.45) is 0. The molecule has 0 saturated heterocycles. The van der Waals surface area contributed by atoms with Gasteiger partial charge in [0.25, 0.3) is 0 Å². The van der Waals surface area contributed by atoms with Crippen molar-refractivity contribution in [1.82, 2.24) is 10.2 Å². The van der Waals surface area contributed by atoms with Crippen LogP contribution < -0.4 is 10.6 Å². The van der Waals surface area contributed by atoms with E-state index in [-0.39, 0.29) is 11.5 Å². The molecule has 4 N–H and O–H groups in total. The van der Waals surface area contributed by atoms with E-state index in [1.807, 2.05) is 0 Å². The van der Waals surface area contributed by atoms with Crippen molar-refractivity contribution in [2.45, 2.75) is 0 Å². The molecule has 20 heavy (non-hydrogen) atoms. The smallest absolute Gasteiger partial charge is 0.353 e. The molecule has 0 atom stereocenters. The fourth-order valence-electron chi connectivity index (χ4n) is 1.36. The standard InChI is InChI=1S/C11H8Cl2N4O3/c12-5-1-2-6(13)7(3-5)14-11(20)15-9-4-8(10(18)19)16-17-9/h1-4H,(H,18,19)(H3,14,15,16,17,20). The normalized spacial score (nSPS) is 10.1. The lowest BCUT2D eigenvalue weighted by Crippen LogP contribution is -2.19. The zero-order chi connectivity index (χ0) is 14.7. The Bertz CT molecular complexity index is 671. The Morgan fingerprint density at radius 3 is 2.60 bits per heavy atom. The fourth-order valence-corrected chi connectivity index (χ4v) is 1.70. The zero-order valence-corrected chi connectivity index (χ0v) is 11.3. The van der Waals surface area contributed by atoms with Crippen molar-refractivity contribution in [3.05, 3.63) is 40.0 Å². The molecule has 1 aromatic heterocycles. The quantitative estimate of drug-likeness (QED) is 0.698. The maximum atomic E-state index is 11.7. The van der Waals surface area contributed by atoms with Gasteiger partial charge in [-0.3, -0.25) is 10.4 Å². The lowest BCUT2D eigenvalue weighted by atomic mass is 10.3. The second-order valence-electron chi connectivity index (χ2n) is 3.68. The minimum Gasteiger partial charge on any atom is -0.477 e. The van der Waals surface area contributed by atoms with Gasteiger partial charge in [0.05, 0.1) is 10.7 Å². The van der Waals surface area contributed by atoms with Crippen molar-refractivity contribution in [2.24, 2.45) is 0 Å². The van der Waals surface area contributed by atoms with Crippen LogP contribution in [-0.2, 0) is 0 Å². The predicted molar refractivity (Wildman–Crippen MR) is 74.7 cm³/mol. The number of aromatic nitrogens is 2. The van der Waals surface area contributed by atoms with Crippen LogP contribution in [0.1, 0.15) is 10.5 Å². The first-order valence-corrected chi connectivity index (χ1v) is 6.03. The maximum absolute atomic E-state index is 11.7. The van der Waals surface area contributed by atoms with Crippen LogP contribution in [-0.4, -0.2) is 27.3 Å². The number of H-pyrrole nitrogens is 1. The summed E-state index contributed by atoms with van der Waals surface area (Å²) in [6, 6.07) is 5.16. The number of amides is 2. The highest BCUT2D eigenvalue weighted by molar-refractivity contribution is 6.35. The molecule has 1 aromatic carbocycles. The summed E-state index contributed by atoms with van der Waals surface area (Å²) in [6.45, 7) is 0. The first-order chi connectivity index (χ1) is 9.45. The number of rotatable bonds is 3. The molecule has 0 fully saturated rings. The second kappa shape index (κ2) is 5.81. The van der Waals surface area contributed by atoms with Crippen molar-refractivity contribution in [3.63, 3.8) is 0 Å². The van der Waals surface area contributed by atoms with Crippen LogP contribution in [0.15, 0.2) is 24.3 Å². The lowest BCUT2D eigenvalue weighted by Gasteiger charge is -2.07. The number of halogens is 2. The van der Waals surface area contributed by atoms with E-state index in [0.29, 0.717) is 15.7 Å². The van der Waals surface area contributed by atoms with Crippen molar-refractivity contribution in [1.29, 1.82) is 0 Å². The first kappa shape index (κ1) is 14.2. The van der Waals surface area contributed by atoms with Crippen LogP contribution in [0.3, 0.4) is 0 Å². The average molecular weight is 315 g/mol. The van der Waals surface area contributed by atoms with E-state index in [4.69, 9.17) is 28.3 Å². The van der Waals surface area contributed by atoms with Gasteiger partial charge in [-0.05, 0) is 18.2 Å². The van der Waals surface area contributed by atoms with Crippen molar-refractivity contribution in [2.75, 3.05) is 10.6 Å². The van der Waals surface area contributed by atoms with Crippen molar-refractivity contribution >= 4 is 46.7 Å². The molecule has 0 radical (unpaired) electrons. The van der Waals surface area contributed by atoms with E-state index in [9.17, 15) is 9.59 Å². The van der Waals surface area contributed by atoms with Crippen molar-refractivity contribution < 1.29 is 14.7 Å². The summed E-state index contributed by atoms with van der Waals surface area (Å²) < 4.78 is 0. The van der Waals surface area contributed by atoms with Gasteiger partial charge in [0.1, 0.15) is 5.69 Å². The molecule has 7 nitrogen and oxygen atoms in total. The van der Waals surface area contributed by atoms with Gasteiger partial charge in [0, 0.05) is 11.1 Å². The predicted octanol–water partition coefficient (Wildman–Crippen LogP) is 3.06. The van der Waals surface area contributed by atoms with Crippen LogP contribution in [0, 0.1) is 0 Å². The van der Waals surface area contributed by atoms with E-state index < -0.39 is 12.0 Å². The highest BCUT2D eigenvalue weighted by Crippen LogP contribution is 2.25. The van der Waals surface area contributed by atoms with Crippen LogP contribution in [0.4, 0.5) is 16.3 Å². The highest BCUT2D eigenvalue weighted by atomic mass is 35.5. The van der Waals surface area contributed by atoms with Gasteiger partial charge in [0.2, 0.25) is 0 Å². The Balaban J connectivity index is 2.05. The molecule has 0 bridgehead atoms. The Hall–Kier alpha value is -2.25. The number of aromatic amines is 1. The summed E-state index contributed by atoms with van der Waals surface area (Å²) in [4.78, 5) is 22.3. The molecule has 2 aromatic rings. The molecule has 0 aliphatic rings. The Labute approximate surface area is 122 Å². The van der Waals surface area contributed by atoms with Crippen LogP contribution in [0.2, 0.25) is 10.0 Å². The molecule has 2 amide bonds. The third-order valence-electron chi connectivity index (χ3n) is 2.23. The Morgan fingerprint density at radius 2 is 1.95 bits per heavy atom.